The fourth-order valence-corrected chi connectivity index (χ4v) is 2.76. The molecule has 1 aliphatic heterocycles. The minimum atomic E-state index is -1.16. The van der Waals surface area contributed by atoms with E-state index in [2.05, 4.69) is 10.3 Å². The summed E-state index contributed by atoms with van der Waals surface area (Å²) in [5.41, 5.74) is 1.72. The number of nitrogens with one attached hydrogen (secondary N) is 1. The van der Waals surface area contributed by atoms with Crippen LogP contribution in [0, 0.1) is 0 Å². The molecule has 6 nitrogen and oxygen atoms in total. The van der Waals surface area contributed by atoms with Gasteiger partial charge in [-0.15, -0.1) is 0 Å². The minimum Gasteiger partial charge on any atom is -0.465 e. The summed E-state index contributed by atoms with van der Waals surface area (Å²) in [6.45, 7) is -0.0877. The topological polar surface area (TPSA) is 82.5 Å². The lowest BCUT2D eigenvalue weighted by molar-refractivity contribution is 0.00242. The van der Waals surface area contributed by atoms with Gasteiger partial charge in [-0.25, -0.2) is 14.2 Å². The van der Waals surface area contributed by atoms with Gasteiger partial charge < -0.3 is 10.4 Å². The number of alkyl halides is 1. The maximum absolute atomic E-state index is 13.6. The molecule has 2 N–H and O–H groups in total. The van der Waals surface area contributed by atoms with Gasteiger partial charge in [0, 0.05) is 5.56 Å². The van der Waals surface area contributed by atoms with Crippen molar-refractivity contribution in [2.45, 2.75) is 18.6 Å². The second-order valence-corrected chi connectivity index (χ2v) is 6.13. The van der Waals surface area contributed by atoms with Crippen LogP contribution in [0.5, 0.6) is 0 Å². The van der Waals surface area contributed by atoms with Gasteiger partial charge in [-0.1, -0.05) is 23.7 Å². The number of halogens is 2. The van der Waals surface area contributed by atoms with Crippen molar-refractivity contribution in [3.05, 3.63) is 58.9 Å². The Balaban J connectivity index is 1.62. The summed E-state index contributed by atoms with van der Waals surface area (Å²) in [5.74, 6) is -0.310. The molecule has 1 saturated heterocycles. The zero-order valence-electron chi connectivity index (χ0n) is 13.0. The van der Waals surface area contributed by atoms with E-state index in [1.165, 1.54) is 6.20 Å². The molecule has 8 heteroatoms. The SMILES string of the molecule is O=C(Nc1ccc(Cl)nc1)c1ccc(CC2C(F)CN2C(=O)O)cc1. The molecule has 1 aliphatic rings. The van der Waals surface area contributed by atoms with Gasteiger partial charge in [0.25, 0.3) is 5.91 Å². The van der Waals surface area contributed by atoms with Crippen LogP contribution in [-0.4, -0.2) is 45.7 Å². The minimum absolute atomic E-state index is 0.0877. The van der Waals surface area contributed by atoms with E-state index in [4.69, 9.17) is 16.7 Å². The molecular weight excluding hydrogens is 349 g/mol. The third kappa shape index (κ3) is 3.88. The molecule has 130 valence electrons. The number of hydrogen-bond acceptors (Lipinski definition) is 3. The molecule has 2 aromatic rings. The fraction of sp³-hybridized carbons (Fsp3) is 0.235. The van der Waals surface area contributed by atoms with Crippen LogP contribution in [0.4, 0.5) is 14.9 Å². The smallest absolute Gasteiger partial charge is 0.407 e. The van der Waals surface area contributed by atoms with Gasteiger partial charge in [-0.2, -0.15) is 0 Å². The van der Waals surface area contributed by atoms with E-state index < -0.39 is 18.3 Å². The first kappa shape index (κ1) is 17.2. The average Bonchev–Trinajstić information content (AvgIpc) is 2.59. The number of rotatable bonds is 4. The van der Waals surface area contributed by atoms with Gasteiger partial charge in [0.05, 0.1) is 24.5 Å². The first-order chi connectivity index (χ1) is 11.9. The van der Waals surface area contributed by atoms with Crippen LogP contribution in [0.2, 0.25) is 5.15 Å². The summed E-state index contributed by atoms with van der Waals surface area (Å²) >= 11 is 5.69. The average molecular weight is 364 g/mol. The van der Waals surface area contributed by atoms with Crippen LogP contribution in [0.3, 0.4) is 0 Å². The zero-order valence-corrected chi connectivity index (χ0v) is 13.8. The normalized spacial score (nSPS) is 19.2. The third-order valence-corrected chi connectivity index (χ3v) is 4.30. The van der Waals surface area contributed by atoms with Gasteiger partial charge in [-0.05, 0) is 36.2 Å². The van der Waals surface area contributed by atoms with Crippen molar-refractivity contribution in [3.63, 3.8) is 0 Å². The Bertz CT molecular complexity index is 783. The highest BCUT2D eigenvalue weighted by Crippen LogP contribution is 2.25. The van der Waals surface area contributed by atoms with Crippen LogP contribution in [0.15, 0.2) is 42.6 Å². The monoisotopic (exact) mass is 363 g/mol. The molecule has 0 spiro atoms. The Morgan fingerprint density at radius 2 is 2.00 bits per heavy atom. The molecule has 0 radical (unpaired) electrons. The lowest BCUT2D eigenvalue weighted by atomic mass is 9.93. The van der Waals surface area contributed by atoms with Gasteiger partial charge >= 0.3 is 6.09 Å². The molecule has 1 fully saturated rings. The number of amides is 2. The molecule has 2 atom stereocenters. The van der Waals surface area contributed by atoms with E-state index in [1.54, 1.807) is 36.4 Å². The molecule has 0 saturated carbocycles. The van der Waals surface area contributed by atoms with Gasteiger partial charge in [-0.3, -0.25) is 9.69 Å². The summed E-state index contributed by atoms with van der Waals surface area (Å²) in [7, 11) is 0. The zero-order chi connectivity index (χ0) is 18.0. The van der Waals surface area contributed by atoms with Crippen LogP contribution < -0.4 is 5.32 Å². The Morgan fingerprint density at radius 1 is 1.28 bits per heavy atom. The highest BCUT2D eigenvalue weighted by atomic mass is 35.5. The Hall–Kier alpha value is -2.67. The third-order valence-electron chi connectivity index (χ3n) is 4.08. The Kier molecular flexibility index (Phi) is 4.85. The predicted molar refractivity (Wildman–Crippen MR) is 90.8 cm³/mol. The van der Waals surface area contributed by atoms with Crippen molar-refractivity contribution >= 4 is 29.3 Å². The maximum Gasteiger partial charge on any atom is 0.407 e. The number of carbonyl (C=O) groups excluding carboxylic acids is 1. The largest absolute Gasteiger partial charge is 0.465 e. The van der Waals surface area contributed by atoms with E-state index in [-0.39, 0.29) is 18.9 Å². The van der Waals surface area contributed by atoms with Crippen molar-refractivity contribution in [2.75, 3.05) is 11.9 Å². The van der Waals surface area contributed by atoms with Crippen molar-refractivity contribution in [1.82, 2.24) is 9.88 Å². The van der Waals surface area contributed by atoms with E-state index in [9.17, 15) is 14.0 Å². The summed E-state index contributed by atoms with van der Waals surface area (Å²) < 4.78 is 13.6. The number of anilines is 1. The molecular formula is C17H15ClFN3O3. The lowest BCUT2D eigenvalue weighted by Crippen LogP contribution is -2.60. The number of benzene rings is 1. The number of nitrogens with zero attached hydrogens (tertiary/aromatic N) is 2. The van der Waals surface area contributed by atoms with Crippen molar-refractivity contribution in [2.24, 2.45) is 0 Å². The van der Waals surface area contributed by atoms with E-state index in [0.29, 0.717) is 16.4 Å². The highest BCUT2D eigenvalue weighted by molar-refractivity contribution is 6.29. The van der Waals surface area contributed by atoms with Crippen LogP contribution in [-0.2, 0) is 6.42 Å². The first-order valence-corrected chi connectivity index (χ1v) is 7.97. The maximum atomic E-state index is 13.6. The number of aromatic nitrogens is 1. The standard InChI is InChI=1S/C17H15ClFN3O3/c18-15-6-5-12(8-20-15)21-16(23)11-3-1-10(2-4-11)7-14-13(19)9-22(14)17(24)25/h1-6,8,13-14H,7,9H2,(H,21,23)(H,24,25). The molecule has 2 unspecified atom stereocenters. The molecule has 1 aromatic heterocycles. The second-order valence-electron chi connectivity index (χ2n) is 5.74. The second kappa shape index (κ2) is 7.06. The van der Waals surface area contributed by atoms with Crippen molar-refractivity contribution in [3.8, 4) is 0 Å². The Labute approximate surface area is 148 Å². The summed E-state index contributed by atoms with van der Waals surface area (Å²) in [6.07, 6.45) is -0.549. The number of pyridine rings is 1. The molecule has 25 heavy (non-hydrogen) atoms. The lowest BCUT2D eigenvalue weighted by Gasteiger charge is -2.42. The highest BCUT2D eigenvalue weighted by Gasteiger charge is 2.42. The molecule has 3 rings (SSSR count). The number of likely N-dealkylation sites (tertiary alicyclic amines) is 1. The van der Waals surface area contributed by atoms with Crippen LogP contribution in [0.25, 0.3) is 0 Å². The van der Waals surface area contributed by atoms with Crippen LogP contribution >= 0.6 is 11.6 Å². The van der Waals surface area contributed by atoms with E-state index in [1.807, 2.05) is 0 Å². The summed E-state index contributed by atoms with van der Waals surface area (Å²) in [4.78, 5) is 28.1. The molecule has 2 amide bonds. The van der Waals surface area contributed by atoms with Gasteiger partial charge in [0.1, 0.15) is 11.3 Å². The van der Waals surface area contributed by atoms with E-state index in [0.717, 1.165) is 10.5 Å². The summed E-state index contributed by atoms with van der Waals surface area (Å²) in [5, 5.41) is 12.0. The quantitative estimate of drug-likeness (QED) is 0.817. The number of carbonyl (C=O) groups is 2. The molecule has 1 aromatic carbocycles. The van der Waals surface area contributed by atoms with Gasteiger partial charge in [0.2, 0.25) is 0 Å². The fourth-order valence-electron chi connectivity index (χ4n) is 2.65. The van der Waals surface area contributed by atoms with Crippen molar-refractivity contribution < 1.29 is 19.1 Å². The Morgan fingerprint density at radius 3 is 2.56 bits per heavy atom. The number of carboxylic acid groups (broad SMARTS) is 1. The van der Waals surface area contributed by atoms with Crippen LogP contribution in [0.1, 0.15) is 15.9 Å². The summed E-state index contributed by atoms with van der Waals surface area (Å²) in [6, 6.07) is 9.16. The molecule has 0 aliphatic carbocycles. The van der Waals surface area contributed by atoms with E-state index >= 15 is 0 Å². The number of hydrogen-bond donors (Lipinski definition) is 2. The molecule has 2 heterocycles. The molecule has 0 bridgehead atoms. The van der Waals surface area contributed by atoms with Gasteiger partial charge in [0.15, 0.2) is 0 Å². The predicted octanol–water partition coefficient (Wildman–Crippen LogP) is 3.23. The van der Waals surface area contributed by atoms with Crippen molar-refractivity contribution in [1.29, 1.82) is 0 Å². The first-order valence-electron chi connectivity index (χ1n) is 7.59.